The minimum absolute atomic E-state index is 0.140. The highest BCUT2D eigenvalue weighted by molar-refractivity contribution is 5.97. The molecule has 1 heterocycles. The molecule has 3 N–H and O–H groups in total. The van der Waals surface area contributed by atoms with Crippen LogP contribution in [0.2, 0.25) is 0 Å². The third-order valence-corrected chi connectivity index (χ3v) is 3.21. The molecule has 0 unspecified atom stereocenters. The first-order valence-corrected chi connectivity index (χ1v) is 7.33. The Labute approximate surface area is 121 Å². The van der Waals surface area contributed by atoms with E-state index in [1.807, 2.05) is 6.07 Å². The molecule has 1 aliphatic rings. The molecule has 1 aliphatic heterocycles. The average molecular weight is 279 g/mol. The zero-order valence-electron chi connectivity index (χ0n) is 12.2. The molecule has 1 fully saturated rings. The normalized spacial score (nSPS) is 16.5. The van der Waals surface area contributed by atoms with Gasteiger partial charge in [-0.2, -0.15) is 5.26 Å². The molecule has 112 valence electrons. The SMILES string of the molecule is CCCCNC(=O)/C(C#N)=C\NCCN1CCNCC1. The van der Waals surface area contributed by atoms with Crippen LogP contribution in [0.4, 0.5) is 0 Å². The van der Waals surface area contributed by atoms with Crippen LogP contribution < -0.4 is 16.0 Å². The lowest BCUT2D eigenvalue weighted by Gasteiger charge is -2.26. The number of unbranched alkanes of at least 4 members (excludes halogenated alkanes) is 1. The second kappa shape index (κ2) is 10.2. The lowest BCUT2D eigenvalue weighted by molar-refractivity contribution is -0.117. The quantitative estimate of drug-likeness (QED) is 0.326. The highest BCUT2D eigenvalue weighted by Gasteiger charge is 2.09. The predicted molar refractivity (Wildman–Crippen MR) is 78.9 cm³/mol. The van der Waals surface area contributed by atoms with Gasteiger partial charge in [-0.3, -0.25) is 9.69 Å². The number of piperazine rings is 1. The highest BCUT2D eigenvalue weighted by atomic mass is 16.1. The summed E-state index contributed by atoms with van der Waals surface area (Å²) in [5, 5.41) is 18.0. The summed E-state index contributed by atoms with van der Waals surface area (Å²) in [6, 6.07) is 1.93. The van der Waals surface area contributed by atoms with Gasteiger partial charge in [0.1, 0.15) is 11.6 Å². The molecule has 1 rings (SSSR count). The monoisotopic (exact) mass is 279 g/mol. The molecule has 0 aromatic heterocycles. The first kappa shape index (κ1) is 16.5. The Morgan fingerprint density at radius 1 is 1.40 bits per heavy atom. The van der Waals surface area contributed by atoms with E-state index in [-0.39, 0.29) is 11.5 Å². The van der Waals surface area contributed by atoms with Crippen LogP contribution >= 0.6 is 0 Å². The fourth-order valence-corrected chi connectivity index (χ4v) is 1.95. The van der Waals surface area contributed by atoms with Crippen molar-refractivity contribution < 1.29 is 4.79 Å². The van der Waals surface area contributed by atoms with Gasteiger partial charge in [0.05, 0.1) is 0 Å². The lowest BCUT2D eigenvalue weighted by atomic mass is 10.2. The van der Waals surface area contributed by atoms with Gasteiger partial charge in [0.15, 0.2) is 0 Å². The Morgan fingerprint density at radius 3 is 2.80 bits per heavy atom. The lowest BCUT2D eigenvalue weighted by Crippen LogP contribution is -2.45. The van der Waals surface area contributed by atoms with Crippen molar-refractivity contribution >= 4 is 5.91 Å². The average Bonchev–Trinajstić information content (AvgIpc) is 2.48. The Morgan fingerprint density at radius 2 is 2.15 bits per heavy atom. The van der Waals surface area contributed by atoms with Crippen molar-refractivity contribution in [1.82, 2.24) is 20.9 Å². The van der Waals surface area contributed by atoms with Crippen molar-refractivity contribution in [2.45, 2.75) is 19.8 Å². The highest BCUT2D eigenvalue weighted by Crippen LogP contribution is 1.93. The smallest absolute Gasteiger partial charge is 0.263 e. The summed E-state index contributed by atoms with van der Waals surface area (Å²) in [4.78, 5) is 14.0. The van der Waals surface area contributed by atoms with Gasteiger partial charge in [0.2, 0.25) is 0 Å². The molecule has 0 atom stereocenters. The number of hydrogen-bond acceptors (Lipinski definition) is 5. The summed E-state index contributed by atoms with van der Waals surface area (Å²) in [7, 11) is 0. The van der Waals surface area contributed by atoms with Gasteiger partial charge in [0.25, 0.3) is 5.91 Å². The second-order valence-corrected chi connectivity index (χ2v) is 4.83. The minimum Gasteiger partial charge on any atom is -0.388 e. The van der Waals surface area contributed by atoms with Crippen molar-refractivity contribution in [3.63, 3.8) is 0 Å². The summed E-state index contributed by atoms with van der Waals surface area (Å²) >= 11 is 0. The second-order valence-electron chi connectivity index (χ2n) is 4.83. The zero-order valence-corrected chi connectivity index (χ0v) is 12.2. The van der Waals surface area contributed by atoms with Crippen LogP contribution in [0.5, 0.6) is 0 Å². The van der Waals surface area contributed by atoms with Crippen LogP contribution in [0.15, 0.2) is 11.8 Å². The number of hydrogen-bond donors (Lipinski definition) is 3. The van der Waals surface area contributed by atoms with Crippen molar-refractivity contribution in [3.8, 4) is 6.07 Å². The number of amides is 1. The van der Waals surface area contributed by atoms with Crippen molar-refractivity contribution in [2.24, 2.45) is 0 Å². The van der Waals surface area contributed by atoms with Crippen molar-refractivity contribution in [2.75, 3.05) is 45.8 Å². The number of nitrogens with one attached hydrogen (secondary N) is 3. The molecule has 0 saturated carbocycles. The van der Waals surface area contributed by atoms with Crippen LogP contribution in [-0.4, -0.2) is 56.6 Å². The molecule has 0 radical (unpaired) electrons. The number of nitrogens with zero attached hydrogens (tertiary/aromatic N) is 2. The topological polar surface area (TPSA) is 80.2 Å². The van der Waals surface area contributed by atoms with Gasteiger partial charge >= 0.3 is 0 Å². The number of carbonyl (C=O) groups excluding carboxylic acids is 1. The number of rotatable bonds is 8. The molecule has 1 saturated heterocycles. The molecule has 0 aromatic rings. The third kappa shape index (κ3) is 6.55. The standard InChI is InChI=1S/C14H25N5O/c1-2-3-4-18-14(20)13(11-15)12-17-7-10-19-8-5-16-6-9-19/h12,16-17H,2-10H2,1H3,(H,18,20)/b13-12-. The molecule has 0 spiro atoms. The first-order chi connectivity index (χ1) is 9.77. The van der Waals surface area contributed by atoms with Crippen molar-refractivity contribution in [3.05, 3.63) is 11.8 Å². The Balaban J connectivity index is 2.23. The number of carbonyl (C=O) groups is 1. The minimum atomic E-state index is -0.296. The van der Waals surface area contributed by atoms with E-state index in [0.29, 0.717) is 6.54 Å². The van der Waals surface area contributed by atoms with Gasteiger partial charge in [-0.25, -0.2) is 0 Å². The molecule has 6 nitrogen and oxygen atoms in total. The van der Waals surface area contributed by atoms with Crippen molar-refractivity contribution in [1.29, 1.82) is 5.26 Å². The Bertz CT molecular complexity index is 355. The summed E-state index contributed by atoms with van der Waals surface area (Å²) in [6.45, 7) is 8.50. The van der Waals surface area contributed by atoms with E-state index < -0.39 is 0 Å². The van der Waals surface area contributed by atoms with E-state index in [1.54, 1.807) is 0 Å². The van der Waals surface area contributed by atoms with Gasteiger partial charge < -0.3 is 16.0 Å². The Hall–Kier alpha value is -1.58. The van der Waals surface area contributed by atoms with Crippen LogP contribution in [0.1, 0.15) is 19.8 Å². The van der Waals surface area contributed by atoms with Gasteiger partial charge in [-0.15, -0.1) is 0 Å². The van der Waals surface area contributed by atoms with Gasteiger partial charge in [-0.1, -0.05) is 13.3 Å². The maximum atomic E-state index is 11.7. The molecule has 0 bridgehead atoms. The summed E-state index contributed by atoms with van der Waals surface area (Å²) in [6.07, 6.45) is 3.47. The molecule has 20 heavy (non-hydrogen) atoms. The van der Waals surface area contributed by atoms with E-state index in [1.165, 1.54) is 6.20 Å². The maximum absolute atomic E-state index is 11.7. The van der Waals surface area contributed by atoms with E-state index in [4.69, 9.17) is 5.26 Å². The van der Waals surface area contributed by atoms with Crippen LogP contribution in [-0.2, 0) is 4.79 Å². The number of nitriles is 1. The molecule has 6 heteroatoms. The maximum Gasteiger partial charge on any atom is 0.263 e. The van der Waals surface area contributed by atoms with E-state index >= 15 is 0 Å². The fraction of sp³-hybridized carbons (Fsp3) is 0.714. The summed E-state index contributed by atoms with van der Waals surface area (Å²) in [5.74, 6) is -0.296. The molecule has 0 aromatic carbocycles. The van der Waals surface area contributed by atoms with Gasteiger partial charge in [0, 0.05) is 52.0 Å². The molecule has 1 amide bonds. The van der Waals surface area contributed by atoms with Gasteiger partial charge in [-0.05, 0) is 6.42 Å². The van der Waals surface area contributed by atoms with E-state index in [9.17, 15) is 4.79 Å². The predicted octanol–water partition coefficient (Wildman–Crippen LogP) is -0.195. The van der Waals surface area contributed by atoms with Crippen LogP contribution in [0.25, 0.3) is 0 Å². The third-order valence-electron chi connectivity index (χ3n) is 3.21. The van der Waals surface area contributed by atoms with Crippen LogP contribution in [0.3, 0.4) is 0 Å². The summed E-state index contributed by atoms with van der Waals surface area (Å²) in [5.41, 5.74) is 0.140. The molecular formula is C14H25N5O. The Kier molecular flexibility index (Phi) is 8.43. The zero-order chi connectivity index (χ0) is 14.6. The molecule has 0 aliphatic carbocycles. The van der Waals surface area contributed by atoms with E-state index in [0.717, 1.165) is 52.1 Å². The largest absolute Gasteiger partial charge is 0.388 e. The first-order valence-electron chi connectivity index (χ1n) is 7.33. The molecular weight excluding hydrogens is 254 g/mol. The fourth-order valence-electron chi connectivity index (χ4n) is 1.95. The van der Waals surface area contributed by atoms with Crippen LogP contribution in [0, 0.1) is 11.3 Å². The summed E-state index contributed by atoms with van der Waals surface area (Å²) < 4.78 is 0. The van der Waals surface area contributed by atoms with E-state index in [2.05, 4.69) is 27.8 Å².